The smallest absolute Gasteiger partial charge is 0.462 e. The molecular formula is C46H77O13P. The Hall–Kier alpha value is -2.71. The van der Waals surface area contributed by atoms with Crippen LogP contribution in [-0.4, -0.2) is 98.3 Å². The Kier molecular flexibility index (Phi) is 33.0. The first-order valence-electron chi connectivity index (χ1n) is 22.3. The summed E-state index contributed by atoms with van der Waals surface area (Å²) in [6.45, 7) is 3.09. The van der Waals surface area contributed by atoms with E-state index in [0.717, 1.165) is 64.2 Å². The molecule has 14 heteroatoms. The second-order valence-corrected chi connectivity index (χ2v) is 16.7. The molecule has 0 aliphatic heterocycles. The van der Waals surface area contributed by atoms with Gasteiger partial charge in [0.15, 0.2) is 6.10 Å². The number of rotatable bonds is 35. The number of unbranched alkanes of at least 4 members (excludes halogenated alkanes) is 15. The molecule has 0 radical (unpaired) electrons. The van der Waals surface area contributed by atoms with Gasteiger partial charge in [0.1, 0.15) is 43.2 Å². The molecule has 0 amide bonds. The van der Waals surface area contributed by atoms with E-state index in [0.29, 0.717) is 12.8 Å². The lowest BCUT2D eigenvalue weighted by Crippen LogP contribution is -2.64. The van der Waals surface area contributed by atoms with E-state index in [1.807, 2.05) is 42.5 Å². The molecule has 0 saturated heterocycles. The van der Waals surface area contributed by atoms with Gasteiger partial charge in [-0.2, -0.15) is 0 Å². The van der Waals surface area contributed by atoms with E-state index in [1.54, 1.807) is 0 Å². The normalized spacial score (nSPS) is 22.9. The number of phosphoric acid groups is 1. The largest absolute Gasteiger partial charge is 0.472 e. The van der Waals surface area contributed by atoms with E-state index in [4.69, 9.17) is 18.5 Å². The lowest BCUT2D eigenvalue weighted by atomic mass is 9.85. The Balaban J connectivity index is 2.50. The van der Waals surface area contributed by atoms with Crippen molar-refractivity contribution in [2.45, 2.75) is 191 Å². The maximum atomic E-state index is 12.8. The summed E-state index contributed by atoms with van der Waals surface area (Å²) >= 11 is 0. The first-order chi connectivity index (χ1) is 28.9. The second-order valence-electron chi connectivity index (χ2n) is 15.3. The topological polar surface area (TPSA) is 210 Å². The molecule has 13 nitrogen and oxygen atoms in total. The fourth-order valence-electron chi connectivity index (χ4n) is 6.29. The van der Waals surface area contributed by atoms with E-state index in [2.05, 4.69) is 44.2 Å². The molecule has 1 rings (SSSR count). The van der Waals surface area contributed by atoms with Crippen molar-refractivity contribution in [2.24, 2.45) is 0 Å². The summed E-state index contributed by atoms with van der Waals surface area (Å²) in [4.78, 5) is 35.6. The number of allylic oxidation sites excluding steroid dienone is 12. The Morgan fingerprint density at radius 1 is 0.533 bits per heavy atom. The van der Waals surface area contributed by atoms with Gasteiger partial charge >= 0.3 is 19.8 Å². The molecule has 1 aliphatic rings. The molecule has 1 fully saturated rings. The summed E-state index contributed by atoms with van der Waals surface area (Å²) in [6, 6.07) is 0. The predicted molar refractivity (Wildman–Crippen MR) is 235 cm³/mol. The van der Waals surface area contributed by atoms with E-state index in [1.165, 1.54) is 44.9 Å². The zero-order valence-electron chi connectivity index (χ0n) is 36.2. The van der Waals surface area contributed by atoms with Crippen molar-refractivity contribution < 1.29 is 63.1 Å². The SMILES string of the molecule is CC/C=C/C=C/C=C/C=C/CCCCCC(=O)OC(COC(=O)CCCCCCC/C=C/C=C/CCCCCCCCC)COP(=O)(O)OC1C(O)C(O)C(O)[C@H](O)C1O. The van der Waals surface area contributed by atoms with Crippen molar-refractivity contribution in [2.75, 3.05) is 13.2 Å². The third kappa shape index (κ3) is 28.0. The highest BCUT2D eigenvalue weighted by Crippen LogP contribution is 2.47. The molecule has 0 aromatic rings. The highest BCUT2D eigenvalue weighted by molar-refractivity contribution is 7.47. The van der Waals surface area contributed by atoms with Crippen LogP contribution >= 0.6 is 7.82 Å². The standard InChI is InChI=1S/C46H77O13P/c1-3-5-7-9-11-13-15-17-18-19-20-21-23-24-26-28-30-32-34-39(47)56-36-38(37-57-60(54,55)59-46-44(52)42(50)41(49)43(51)45(46)53)58-40(48)35-33-31-29-27-25-22-16-14-12-10-8-6-4-2/h6,8,10,12,14,16,18-22,25,38,41-46,49-53H,3-5,7,9,11,13,15,17,23-24,26-37H2,1-2H3,(H,54,55)/b8-6+,12-10+,16-14+,19-18+,21-20+,25-22+/t38?,41?,42-,43?,44?,45?,46?/m0/s1. The summed E-state index contributed by atoms with van der Waals surface area (Å²) in [5.41, 5.74) is 0. The van der Waals surface area contributed by atoms with Crippen molar-refractivity contribution in [3.05, 3.63) is 72.9 Å². The van der Waals surface area contributed by atoms with Gasteiger partial charge in [-0.05, 0) is 57.8 Å². The van der Waals surface area contributed by atoms with Crippen molar-refractivity contribution in [1.82, 2.24) is 0 Å². The molecule has 1 aliphatic carbocycles. The summed E-state index contributed by atoms with van der Waals surface area (Å²) in [5, 5.41) is 50.1. The number of carbonyl (C=O) groups excluding carboxylic acids is 2. The predicted octanol–water partition coefficient (Wildman–Crippen LogP) is 8.33. The minimum absolute atomic E-state index is 0.0434. The first kappa shape index (κ1) is 55.3. The Morgan fingerprint density at radius 2 is 0.950 bits per heavy atom. The third-order valence-corrected chi connectivity index (χ3v) is 10.9. The average Bonchev–Trinajstić information content (AvgIpc) is 3.23. The minimum atomic E-state index is -5.13. The minimum Gasteiger partial charge on any atom is -0.462 e. The van der Waals surface area contributed by atoms with Crippen LogP contribution in [0.3, 0.4) is 0 Å². The number of hydrogen-bond donors (Lipinski definition) is 6. The van der Waals surface area contributed by atoms with Gasteiger partial charge in [-0.3, -0.25) is 18.6 Å². The zero-order valence-corrected chi connectivity index (χ0v) is 37.1. The Morgan fingerprint density at radius 3 is 1.48 bits per heavy atom. The maximum Gasteiger partial charge on any atom is 0.472 e. The molecule has 6 N–H and O–H groups in total. The molecule has 0 aromatic carbocycles. The number of aliphatic hydroxyl groups is 5. The second kappa shape index (κ2) is 35.8. The highest BCUT2D eigenvalue weighted by Gasteiger charge is 2.51. The van der Waals surface area contributed by atoms with Crippen LogP contribution in [-0.2, 0) is 32.7 Å². The lowest BCUT2D eigenvalue weighted by molar-refractivity contribution is -0.220. The zero-order chi connectivity index (χ0) is 44.3. The van der Waals surface area contributed by atoms with Crippen molar-refractivity contribution in [3.8, 4) is 0 Å². The van der Waals surface area contributed by atoms with E-state index >= 15 is 0 Å². The van der Waals surface area contributed by atoms with Crippen molar-refractivity contribution in [1.29, 1.82) is 0 Å². The van der Waals surface area contributed by atoms with Gasteiger partial charge in [-0.1, -0.05) is 151 Å². The van der Waals surface area contributed by atoms with Gasteiger partial charge < -0.3 is 39.9 Å². The van der Waals surface area contributed by atoms with Crippen LogP contribution in [0.15, 0.2) is 72.9 Å². The van der Waals surface area contributed by atoms with Gasteiger partial charge in [0.05, 0.1) is 6.61 Å². The molecule has 0 aromatic heterocycles. The Bertz CT molecular complexity index is 1330. The molecule has 0 heterocycles. The lowest BCUT2D eigenvalue weighted by Gasteiger charge is -2.41. The van der Waals surface area contributed by atoms with Crippen LogP contribution in [0, 0.1) is 0 Å². The molecule has 0 bridgehead atoms. The summed E-state index contributed by atoms with van der Waals surface area (Å²) in [6.07, 6.45) is 31.1. The number of phosphoric ester groups is 1. The molecule has 344 valence electrons. The van der Waals surface area contributed by atoms with Crippen LogP contribution in [0.25, 0.3) is 0 Å². The maximum absolute atomic E-state index is 12.8. The van der Waals surface area contributed by atoms with Crippen molar-refractivity contribution in [3.63, 3.8) is 0 Å². The molecule has 1 saturated carbocycles. The van der Waals surface area contributed by atoms with Crippen LogP contribution in [0.4, 0.5) is 0 Å². The molecule has 0 spiro atoms. The van der Waals surface area contributed by atoms with E-state index in [9.17, 15) is 44.6 Å². The summed E-state index contributed by atoms with van der Waals surface area (Å²) < 4.78 is 33.4. The van der Waals surface area contributed by atoms with Crippen LogP contribution in [0.1, 0.15) is 149 Å². The molecule has 60 heavy (non-hydrogen) atoms. The summed E-state index contributed by atoms with van der Waals surface area (Å²) in [7, 11) is -5.13. The van der Waals surface area contributed by atoms with Gasteiger partial charge in [0.2, 0.25) is 0 Å². The molecule has 8 atom stereocenters. The highest BCUT2D eigenvalue weighted by atomic mass is 31.2. The first-order valence-corrected chi connectivity index (χ1v) is 23.8. The van der Waals surface area contributed by atoms with Gasteiger partial charge in [-0.25, -0.2) is 4.57 Å². The quantitative estimate of drug-likeness (QED) is 0.0153. The fraction of sp³-hybridized carbons (Fsp3) is 0.696. The molecule has 7 unspecified atom stereocenters. The number of esters is 2. The van der Waals surface area contributed by atoms with Crippen LogP contribution in [0.5, 0.6) is 0 Å². The molecular weight excluding hydrogens is 791 g/mol. The van der Waals surface area contributed by atoms with E-state index < -0.39 is 75.7 Å². The van der Waals surface area contributed by atoms with E-state index in [-0.39, 0.29) is 12.8 Å². The van der Waals surface area contributed by atoms with Crippen molar-refractivity contribution >= 4 is 19.8 Å². The number of ether oxygens (including phenoxy) is 2. The number of aliphatic hydroxyl groups excluding tert-OH is 5. The number of hydrogen-bond acceptors (Lipinski definition) is 12. The van der Waals surface area contributed by atoms with Gasteiger partial charge in [0.25, 0.3) is 0 Å². The third-order valence-electron chi connectivity index (χ3n) is 9.90. The monoisotopic (exact) mass is 869 g/mol. The fourth-order valence-corrected chi connectivity index (χ4v) is 7.26. The number of carbonyl (C=O) groups is 2. The van der Waals surface area contributed by atoms with Crippen LogP contribution in [0.2, 0.25) is 0 Å². The Labute approximate surface area is 359 Å². The summed E-state index contributed by atoms with van der Waals surface area (Å²) in [5.74, 6) is -1.17. The van der Waals surface area contributed by atoms with Crippen LogP contribution < -0.4 is 0 Å². The van der Waals surface area contributed by atoms with Gasteiger partial charge in [0, 0.05) is 12.8 Å². The van der Waals surface area contributed by atoms with Gasteiger partial charge in [-0.15, -0.1) is 0 Å². The average molecular weight is 869 g/mol.